The highest BCUT2D eigenvalue weighted by molar-refractivity contribution is 5.68. The van der Waals surface area contributed by atoms with Gasteiger partial charge in [-0.05, 0) is 0 Å². The predicted molar refractivity (Wildman–Crippen MR) is 57.8 cm³/mol. The molecule has 2 aromatic heterocycles. The predicted octanol–water partition coefficient (Wildman–Crippen LogP) is -1.22. The van der Waals surface area contributed by atoms with E-state index in [-0.39, 0.29) is 42.2 Å². The Bertz CT molecular complexity index is 665. The summed E-state index contributed by atoms with van der Waals surface area (Å²) in [5, 5.41) is 9.14. The zero-order valence-corrected chi connectivity index (χ0v) is 9.18. The van der Waals surface area contributed by atoms with Crippen LogP contribution in [0.4, 0.5) is 0 Å². The minimum atomic E-state index is -0.383. The number of H-pyrrole nitrogens is 1. The Morgan fingerprint density at radius 3 is 3.06 bits per heavy atom. The van der Waals surface area contributed by atoms with Crippen LogP contribution in [0.15, 0.2) is 17.4 Å². The van der Waals surface area contributed by atoms with Crippen molar-refractivity contribution >= 4 is 11.2 Å². The number of aliphatic hydroxyl groups excluding tert-OH is 1. The molecule has 0 spiro atoms. The molecule has 2 aliphatic rings. The van der Waals surface area contributed by atoms with Gasteiger partial charge in [0, 0.05) is 0 Å². The fraction of sp³-hybridized carbons (Fsp3) is 0.500. The summed E-state index contributed by atoms with van der Waals surface area (Å²) in [6, 6.07) is 0. The second-order valence-electron chi connectivity index (χ2n) is 4.37. The lowest BCUT2D eigenvalue weighted by Crippen LogP contribution is -2.22. The summed E-state index contributed by atoms with van der Waals surface area (Å²) in [7, 11) is 0. The van der Waals surface area contributed by atoms with Gasteiger partial charge in [-0.1, -0.05) is 0 Å². The number of imidazole rings is 1. The molecular weight excluding hydrogens is 240 g/mol. The average molecular weight is 250 g/mol. The van der Waals surface area contributed by atoms with Gasteiger partial charge >= 0.3 is 0 Å². The van der Waals surface area contributed by atoms with Gasteiger partial charge in [0.1, 0.15) is 18.3 Å². The van der Waals surface area contributed by atoms with E-state index in [1.165, 1.54) is 12.7 Å². The Labute approximate surface area is 100 Å². The molecule has 8 heteroatoms. The fourth-order valence-electron chi connectivity index (χ4n) is 2.42. The van der Waals surface area contributed by atoms with Gasteiger partial charge in [0.2, 0.25) is 0 Å². The summed E-state index contributed by atoms with van der Waals surface area (Å²) < 4.78 is 12.8. The van der Waals surface area contributed by atoms with Crippen LogP contribution in [0.1, 0.15) is 6.23 Å². The molecule has 0 amide bonds. The molecule has 94 valence electrons. The highest BCUT2D eigenvalue weighted by Crippen LogP contribution is 2.45. The lowest BCUT2D eigenvalue weighted by Gasteiger charge is -2.17. The van der Waals surface area contributed by atoms with Gasteiger partial charge in [-0.15, -0.1) is 0 Å². The molecule has 0 saturated carbocycles. The molecule has 2 aliphatic heterocycles. The third kappa shape index (κ3) is 1.22. The second kappa shape index (κ2) is 3.37. The number of rotatable bonds is 2. The third-order valence-corrected chi connectivity index (χ3v) is 3.34. The molecule has 0 aliphatic carbocycles. The van der Waals surface area contributed by atoms with E-state index in [9.17, 15) is 4.79 Å². The van der Waals surface area contributed by atoms with Crippen LogP contribution >= 0.6 is 0 Å². The summed E-state index contributed by atoms with van der Waals surface area (Å²) in [4.78, 5) is 22.1. The topological polar surface area (TPSA) is 106 Å². The Hall–Kier alpha value is -1.77. The molecule has 8 nitrogen and oxygen atoms in total. The van der Waals surface area contributed by atoms with Crippen molar-refractivity contribution in [1.82, 2.24) is 19.5 Å². The quantitative estimate of drug-likeness (QED) is 0.647. The molecule has 0 bridgehead atoms. The number of nitrogens with one attached hydrogen (secondary N) is 1. The number of hydrogen-bond donors (Lipinski definition) is 2. The molecule has 2 N–H and O–H groups in total. The van der Waals surface area contributed by atoms with Crippen LogP contribution in [-0.2, 0) is 9.47 Å². The molecule has 4 heterocycles. The average Bonchev–Trinajstić information content (AvgIpc) is 2.91. The van der Waals surface area contributed by atoms with Gasteiger partial charge in [-0.2, -0.15) is 0 Å². The lowest BCUT2D eigenvalue weighted by atomic mass is 10.2. The first-order valence-corrected chi connectivity index (χ1v) is 5.61. The summed E-state index contributed by atoms with van der Waals surface area (Å²) in [5.74, 6) is 0. The Morgan fingerprint density at radius 2 is 2.28 bits per heavy atom. The van der Waals surface area contributed by atoms with Gasteiger partial charge < -0.3 is 19.6 Å². The maximum atomic E-state index is 11.5. The number of aromatic amines is 1. The van der Waals surface area contributed by atoms with Crippen molar-refractivity contribution in [2.24, 2.45) is 0 Å². The van der Waals surface area contributed by atoms with Crippen LogP contribution in [-0.4, -0.2) is 49.5 Å². The van der Waals surface area contributed by atoms with Crippen LogP contribution in [0.25, 0.3) is 11.2 Å². The van der Waals surface area contributed by atoms with Crippen LogP contribution in [0.5, 0.6) is 0 Å². The number of fused-ring (bicyclic) bond motifs is 2. The Kier molecular flexibility index (Phi) is 1.91. The van der Waals surface area contributed by atoms with E-state index < -0.39 is 0 Å². The molecule has 2 saturated heterocycles. The van der Waals surface area contributed by atoms with Gasteiger partial charge in [-0.3, -0.25) is 9.36 Å². The largest absolute Gasteiger partial charge is 0.394 e. The fourth-order valence-corrected chi connectivity index (χ4v) is 2.42. The lowest BCUT2D eigenvalue weighted by molar-refractivity contribution is -0.0823. The van der Waals surface area contributed by atoms with Gasteiger partial charge in [0.05, 0.1) is 19.3 Å². The van der Waals surface area contributed by atoms with E-state index >= 15 is 0 Å². The smallest absolute Gasteiger partial charge is 0.278 e. The number of hydrogen-bond acceptors (Lipinski definition) is 6. The molecule has 2 aromatic rings. The van der Waals surface area contributed by atoms with E-state index in [0.717, 1.165) is 0 Å². The van der Waals surface area contributed by atoms with E-state index in [2.05, 4.69) is 15.0 Å². The van der Waals surface area contributed by atoms with Crippen LogP contribution in [0.2, 0.25) is 0 Å². The zero-order chi connectivity index (χ0) is 12.3. The molecule has 0 radical (unpaired) electrons. The van der Waals surface area contributed by atoms with E-state index in [1.807, 2.05) is 0 Å². The molecule has 4 rings (SSSR count). The van der Waals surface area contributed by atoms with Crippen molar-refractivity contribution in [1.29, 1.82) is 0 Å². The summed E-state index contributed by atoms with van der Waals surface area (Å²) in [5.41, 5.74) is 0.436. The maximum absolute atomic E-state index is 11.5. The van der Waals surface area contributed by atoms with Crippen LogP contribution in [0.3, 0.4) is 0 Å². The van der Waals surface area contributed by atoms with Gasteiger partial charge in [0.15, 0.2) is 17.4 Å². The minimum Gasteiger partial charge on any atom is -0.394 e. The Balaban J connectivity index is 1.80. The Morgan fingerprint density at radius 1 is 1.39 bits per heavy atom. The van der Waals surface area contributed by atoms with Crippen LogP contribution in [0, 0.1) is 0 Å². The van der Waals surface area contributed by atoms with Gasteiger partial charge in [-0.25, -0.2) is 9.97 Å². The molecule has 18 heavy (non-hydrogen) atoms. The molecule has 2 fully saturated rings. The first-order valence-electron chi connectivity index (χ1n) is 5.61. The highest BCUT2D eigenvalue weighted by Gasteiger charge is 2.58. The first kappa shape index (κ1) is 10.2. The standard InChI is InChI=1S/C10H10N4O4/c15-1-4-6-7(18-6)10(17-4)14-3-13-5-8(14)11-2-12-9(5)16/h2-4,6-7,10,15H,1H2,(H,11,12,16)/t4-,6-,7+,10-/m1/s1. The van der Waals surface area contributed by atoms with Crippen molar-refractivity contribution in [3.05, 3.63) is 23.0 Å². The van der Waals surface area contributed by atoms with Gasteiger partial charge in [0.25, 0.3) is 5.56 Å². The van der Waals surface area contributed by atoms with E-state index in [0.29, 0.717) is 5.65 Å². The van der Waals surface area contributed by atoms with Crippen molar-refractivity contribution in [2.45, 2.75) is 24.5 Å². The zero-order valence-electron chi connectivity index (χ0n) is 9.18. The molecule has 4 atom stereocenters. The number of epoxide rings is 1. The summed E-state index contributed by atoms with van der Waals surface area (Å²) >= 11 is 0. The van der Waals surface area contributed by atoms with E-state index in [4.69, 9.17) is 14.6 Å². The number of aromatic nitrogens is 4. The third-order valence-electron chi connectivity index (χ3n) is 3.34. The molecular formula is C10H10N4O4. The van der Waals surface area contributed by atoms with Crippen molar-refractivity contribution in [2.75, 3.05) is 6.61 Å². The number of aliphatic hydroxyl groups is 1. The van der Waals surface area contributed by atoms with E-state index in [1.54, 1.807) is 4.57 Å². The molecule has 0 unspecified atom stereocenters. The SMILES string of the molecule is O=c1[nH]cnc2c1ncn2[C@@H]1O[C@H](CO)[C@H]2O[C@@H]21. The molecule has 0 aromatic carbocycles. The highest BCUT2D eigenvalue weighted by atomic mass is 16.7. The monoisotopic (exact) mass is 250 g/mol. The van der Waals surface area contributed by atoms with Crippen molar-refractivity contribution in [3.63, 3.8) is 0 Å². The second-order valence-corrected chi connectivity index (χ2v) is 4.37. The minimum absolute atomic E-state index is 0.0700. The number of ether oxygens (including phenoxy) is 2. The normalized spacial score (nSPS) is 33.8. The summed E-state index contributed by atoms with van der Waals surface area (Å²) in [6.07, 6.45) is 1.97. The first-order chi connectivity index (χ1) is 8.79. The maximum Gasteiger partial charge on any atom is 0.278 e. The summed E-state index contributed by atoms with van der Waals surface area (Å²) in [6.45, 7) is -0.0850. The van der Waals surface area contributed by atoms with Crippen molar-refractivity contribution < 1.29 is 14.6 Å². The van der Waals surface area contributed by atoms with Crippen LogP contribution < -0.4 is 5.56 Å². The number of nitrogens with zero attached hydrogens (tertiary/aromatic N) is 3. The van der Waals surface area contributed by atoms with Crippen molar-refractivity contribution in [3.8, 4) is 0 Å².